The van der Waals surface area contributed by atoms with Gasteiger partial charge in [-0.2, -0.15) is 0 Å². The van der Waals surface area contributed by atoms with E-state index in [-0.39, 0.29) is 17.7 Å². The van der Waals surface area contributed by atoms with Crippen LogP contribution >= 0.6 is 0 Å². The Labute approximate surface area is 150 Å². The van der Waals surface area contributed by atoms with Crippen LogP contribution in [0, 0.1) is 5.92 Å². The molecule has 0 spiro atoms. The molecule has 1 aliphatic carbocycles. The van der Waals surface area contributed by atoms with Crippen molar-refractivity contribution in [3.05, 3.63) is 35.9 Å². The van der Waals surface area contributed by atoms with Crippen LogP contribution < -0.4 is 0 Å². The number of nitrogens with zero attached hydrogens (tertiary/aromatic N) is 2. The summed E-state index contributed by atoms with van der Waals surface area (Å²) in [6, 6.07) is 11.0. The summed E-state index contributed by atoms with van der Waals surface area (Å²) in [4.78, 5) is 29.3. The molecular formula is C21H28N2O2. The summed E-state index contributed by atoms with van der Waals surface area (Å²) in [6.45, 7) is 2.31. The Morgan fingerprint density at radius 3 is 2.32 bits per heavy atom. The highest BCUT2D eigenvalue weighted by Gasteiger charge is 2.40. The Morgan fingerprint density at radius 2 is 1.64 bits per heavy atom. The first kappa shape index (κ1) is 16.6. The van der Waals surface area contributed by atoms with Gasteiger partial charge in [-0.3, -0.25) is 9.59 Å². The molecule has 0 N–H and O–H groups in total. The second kappa shape index (κ2) is 7.19. The maximum absolute atomic E-state index is 12.9. The Bertz CT molecular complexity index is 616. The van der Waals surface area contributed by atoms with Gasteiger partial charge in [0.25, 0.3) is 0 Å². The average Bonchev–Trinajstić information content (AvgIpc) is 3.31. The molecule has 2 heterocycles. The summed E-state index contributed by atoms with van der Waals surface area (Å²) in [6.07, 6.45) is 7.17. The van der Waals surface area contributed by atoms with Gasteiger partial charge in [0.15, 0.2) is 0 Å². The van der Waals surface area contributed by atoms with E-state index in [1.807, 2.05) is 9.80 Å². The number of amides is 2. The molecule has 0 radical (unpaired) electrons. The fourth-order valence-corrected chi connectivity index (χ4v) is 4.88. The van der Waals surface area contributed by atoms with Crippen molar-refractivity contribution in [2.45, 2.75) is 56.9 Å². The van der Waals surface area contributed by atoms with E-state index in [2.05, 4.69) is 30.3 Å². The number of likely N-dealkylation sites (tertiary alicyclic amines) is 2. The first-order chi connectivity index (χ1) is 12.2. The minimum atomic E-state index is -0.110. The number of benzene rings is 1. The quantitative estimate of drug-likeness (QED) is 0.848. The fourth-order valence-electron chi connectivity index (χ4n) is 4.88. The summed E-state index contributed by atoms with van der Waals surface area (Å²) in [5, 5.41) is 0. The molecule has 2 amide bonds. The molecule has 0 aromatic heterocycles. The second-order valence-corrected chi connectivity index (χ2v) is 7.90. The minimum absolute atomic E-state index is 0.110. The van der Waals surface area contributed by atoms with Gasteiger partial charge in [-0.25, -0.2) is 0 Å². The van der Waals surface area contributed by atoms with Gasteiger partial charge in [-0.1, -0.05) is 43.2 Å². The molecule has 1 aromatic carbocycles. The Hall–Kier alpha value is -1.84. The lowest BCUT2D eigenvalue weighted by atomic mass is 9.89. The molecular weight excluding hydrogens is 312 g/mol. The monoisotopic (exact) mass is 340 g/mol. The van der Waals surface area contributed by atoms with Crippen LogP contribution in [0.1, 0.15) is 56.4 Å². The highest BCUT2D eigenvalue weighted by atomic mass is 16.2. The topological polar surface area (TPSA) is 40.6 Å². The van der Waals surface area contributed by atoms with E-state index < -0.39 is 0 Å². The van der Waals surface area contributed by atoms with Crippen molar-refractivity contribution in [1.29, 1.82) is 0 Å². The molecule has 4 rings (SSSR count). The van der Waals surface area contributed by atoms with Crippen LogP contribution in [-0.4, -0.2) is 47.3 Å². The van der Waals surface area contributed by atoms with Crippen molar-refractivity contribution in [3.8, 4) is 0 Å². The van der Waals surface area contributed by atoms with Gasteiger partial charge in [0, 0.05) is 32.1 Å². The fraction of sp³-hybridized carbons (Fsp3) is 0.619. The van der Waals surface area contributed by atoms with Gasteiger partial charge in [0.2, 0.25) is 11.8 Å². The molecule has 25 heavy (non-hydrogen) atoms. The van der Waals surface area contributed by atoms with Gasteiger partial charge in [-0.05, 0) is 37.2 Å². The number of hydrogen-bond donors (Lipinski definition) is 0. The van der Waals surface area contributed by atoms with E-state index in [9.17, 15) is 9.59 Å². The molecule has 1 aromatic rings. The predicted molar refractivity (Wildman–Crippen MR) is 97.1 cm³/mol. The highest BCUT2D eigenvalue weighted by molar-refractivity contribution is 5.89. The van der Waals surface area contributed by atoms with Gasteiger partial charge >= 0.3 is 0 Å². The number of hydrogen-bond acceptors (Lipinski definition) is 2. The molecule has 4 heteroatoms. The predicted octanol–water partition coefficient (Wildman–Crippen LogP) is 3.18. The third-order valence-electron chi connectivity index (χ3n) is 6.35. The van der Waals surface area contributed by atoms with Crippen molar-refractivity contribution in [2.75, 3.05) is 19.6 Å². The van der Waals surface area contributed by atoms with Crippen molar-refractivity contribution < 1.29 is 9.59 Å². The molecule has 2 aliphatic heterocycles. The normalized spacial score (nSPS) is 25.8. The molecule has 1 atom stereocenters. The lowest BCUT2D eigenvalue weighted by Gasteiger charge is -2.34. The summed E-state index contributed by atoms with van der Waals surface area (Å²) >= 11 is 0. The molecule has 134 valence electrons. The molecule has 0 unspecified atom stereocenters. The smallest absolute Gasteiger partial charge is 0.227 e. The van der Waals surface area contributed by atoms with E-state index in [1.54, 1.807) is 0 Å². The first-order valence-electron chi connectivity index (χ1n) is 9.85. The number of piperidine rings is 1. The Morgan fingerprint density at radius 1 is 0.960 bits per heavy atom. The van der Waals surface area contributed by atoms with Crippen LogP contribution in [0.5, 0.6) is 0 Å². The summed E-state index contributed by atoms with van der Waals surface area (Å²) < 4.78 is 0. The van der Waals surface area contributed by atoms with Crippen molar-refractivity contribution in [1.82, 2.24) is 9.80 Å². The maximum Gasteiger partial charge on any atom is 0.227 e. The van der Waals surface area contributed by atoms with E-state index in [0.717, 1.165) is 38.8 Å². The van der Waals surface area contributed by atoms with Crippen molar-refractivity contribution in [3.63, 3.8) is 0 Å². The lowest BCUT2D eigenvalue weighted by molar-refractivity contribution is -0.136. The van der Waals surface area contributed by atoms with E-state index in [0.29, 0.717) is 24.9 Å². The molecule has 1 saturated carbocycles. The van der Waals surface area contributed by atoms with Crippen molar-refractivity contribution >= 4 is 11.8 Å². The first-order valence-corrected chi connectivity index (χ1v) is 9.85. The lowest BCUT2D eigenvalue weighted by Crippen LogP contribution is -2.42. The van der Waals surface area contributed by atoms with Crippen LogP contribution in [0.3, 0.4) is 0 Å². The highest BCUT2D eigenvalue weighted by Crippen LogP contribution is 2.32. The van der Waals surface area contributed by atoms with Gasteiger partial charge in [0.1, 0.15) is 0 Å². The number of rotatable bonds is 3. The SMILES string of the molecule is O=C([C@H]1CC(=O)N(C2CCCC2)C1)N1CCC(c2ccccc2)CC1. The van der Waals surface area contributed by atoms with E-state index >= 15 is 0 Å². The van der Waals surface area contributed by atoms with Crippen LogP contribution in [0.25, 0.3) is 0 Å². The third-order valence-corrected chi connectivity index (χ3v) is 6.35. The largest absolute Gasteiger partial charge is 0.342 e. The molecule has 0 bridgehead atoms. The average molecular weight is 340 g/mol. The van der Waals surface area contributed by atoms with Crippen LogP contribution in [0.15, 0.2) is 30.3 Å². The standard InChI is InChI=1S/C21H28N2O2/c24-20-14-18(15-23(20)19-8-4-5-9-19)21(25)22-12-10-17(11-13-22)16-6-2-1-3-7-16/h1-3,6-7,17-19H,4-5,8-15H2/t18-/m0/s1. The summed E-state index contributed by atoms with van der Waals surface area (Å²) in [7, 11) is 0. The Kier molecular flexibility index (Phi) is 4.78. The van der Waals surface area contributed by atoms with E-state index in [4.69, 9.17) is 0 Å². The van der Waals surface area contributed by atoms with E-state index in [1.165, 1.54) is 18.4 Å². The van der Waals surface area contributed by atoms with Gasteiger partial charge in [0.05, 0.1) is 5.92 Å². The van der Waals surface area contributed by atoms with Crippen LogP contribution in [0.2, 0.25) is 0 Å². The molecule has 4 nitrogen and oxygen atoms in total. The van der Waals surface area contributed by atoms with Crippen LogP contribution in [0.4, 0.5) is 0 Å². The van der Waals surface area contributed by atoms with Gasteiger partial charge in [-0.15, -0.1) is 0 Å². The maximum atomic E-state index is 12.9. The Balaban J connectivity index is 1.32. The number of carbonyl (C=O) groups is 2. The minimum Gasteiger partial charge on any atom is -0.342 e. The molecule has 3 aliphatic rings. The number of carbonyl (C=O) groups excluding carboxylic acids is 2. The zero-order chi connectivity index (χ0) is 17.2. The molecule has 3 fully saturated rings. The third kappa shape index (κ3) is 3.44. The zero-order valence-electron chi connectivity index (χ0n) is 14.9. The summed E-state index contributed by atoms with van der Waals surface area (Å²) in [5.74, 6) is 0.858. The second-order valence-electron chi connectivity index (χ2n) is 7.90. The van der Waals surface area contributed by atoms with Crippen molar-refractivity contribution in [2.24, 2.45) is 5.92 Å². The summed E-state index contributed by atoms with van der Waals surface area (Å²) in [5.41, 5.74) is 1.39. The molecule has 2 saturated heterocycles. The van der Waals surface area contributed by atoms with Crippen LogP contribution in [-0.2, 0) is 9.59 Å². The van der Waals surface area contributed by atoms with Gasteiger partial charge < -0.3 is 9.80 Å². The zero-order valence-corrected chi connectivity index (χ0v) is 14.9.